The maximum absolute atomic E-state index is 12.8. The summed E-state index contributed by atoms with van der Waals surface area (Å²) in [7, 11) is 3.31. The predicted octanol–water partition coefficient (Wildman–Crippen LogP) is 2.91. The van der Waals surface area contributed by atoms with E-state index in [2.05, 4.69) is 12.1 Å². The first kappa shape index (κ1) is 20.0. The van der Waals surface area contributed by atoms with E-state index in [9.17, 15) is 4.79 Å². The third kappa shape index (κ3) is 3.65. The molecule has 2 heterocycles. The maximum atomic E-state index is 12.8. The Morgan fingerprint density at radius 1 is 1.19 bits per heavy atom. The Morgan fingerprint density at radius 3 is 2.41 bits per heavy atom. The Kier molecular flexibility index (Phi) is 5.68. The van der Waals surface area contributed by atoms with Gasteiger partial charge in [0.15, 0.2) is 11.5 Å². The fourth-order valence-corrected chi connectivity index (χ4v) is 4.27. The first-order chi connectivity index (χ1) is 12.9. The lowest BCUT2D eigenvalue weighted by molar-refractivity contribution is -0.161. The first-order valence-electron chi connectivity index (χ1n) is 9.69. The van der Waals surface area contributed by atoms with Crippen LogP contribution in [0.15, 0.2) is 12.1 Å². The average molecular weight is 377 g/mol. The minimum absolute atomic E-state index is 0.0440. The number of hydrogen-bond acceptors (Lipinski definition) is 5. The number of rotatable bonds is 5. The Bertz CT molecular complexity index is 692. The predicted molar refractivity (Wildman–Crippen MR) is 102 cm³/mol. The van der Waals surface area contributed by atoms with Gasteiger partial charge in [0.1, 0.15) is 5.60 Å². The molecule has 0 unspecified atom stereocenters. The normalized spacial score (nSPS) is 18.9. The molecule has 3 rings (SSSR count). The van der Waals surface area contributed by atoms with Crippen molar-refractivity contribution in [1.82, 2.24) is 4.90 Å². The van der Waals surface area contributed by atoms with Gasteiger partial charge in [0.05, 0.1) is 26.4 Å². The van der Waals surface area contributed by atoms with Gasteiger partial charge in [-0.2, -0.15) is 0 Å². The molecule has 1 amide bonds. The fourth-order valence-electron chi connectivity index (χ4n) is 4.27. The van der Waals surface area contributed by atoms with E-state index < -0.39 is 5.60 Å². The lowest BCUT2D eigenvalue weighted by Gasteiger charge is -2.46. The number of methoxy groups -OCH3 is 2. The monoisotopic (exact) mass is 377 g/mol. The van der Waals surface area contributed by atoms with E-state index in [4.69, 9.17) is 18.9 Å². The third-order valence-corrected chi connectivity index (χ3v) is 5.73. The quantitative estimate of drug-likeness (QED) is 0.790. The zero-order chi connectivity index (χ0) is 19.7. The first-order valence-corrected chi connectivity index (χ1v) is 9.69. The van der Waals surface area contributed by atoms with Crippen LogP contribution in [0.2, 0.25) is 0 Å². The van der Waals surface area contributed by atoms with Crippen molar-refractivity contribution in [1.29, 1.82) is 0 Å². The molecule has 2 aliphatic heterocycles. The molecule has 6 heteroatoms. The fraction of sp³-hybridized carbons (Fsp3) is 0.667. The van der Waals surface area contributed by atoms with Gasteiger partial charge >= 0.3 is 0 Å². The highest BCUT2D eigenvalue weighted by molar-refractivity contribution is 5.84. The van der Waals surface area contributed by atoms with E-state index in [-0.39, 0.29) is 11.5 Å². The second kappa shape index (κ2) is 7.68. The van der Waals surface area contributed by atoms with Gasteiger partial charge in [-0.15, -0.1) is 0 Å². The van der Waals surface area contributed by atoms with Gasteiger partial charge < -0.3 is 23.8 Å². The molecule has 1 spiro atoms. The van der Waals surface area contributed by atoms with Crippen LogP contribution >= 0.6 is 0 Å². The standard InChI is InChI=1S/C21H31NO5/c1-6-26-20(2,3)19(23)22-10-8-21(9-11-22)16-14-18(25-5)17(24-4)13-15(16)7-12-27-21/h13-14H,6-12H2,1-5H3. The molecule has 6 nitrogen and oxygen atoms in total. The van der Waals surface area contributed by atoms with Crippen LogP contribution in [0.4, 0.5) is 0 Å². The highest BCUT2D eigenvalue weighted by Gasteiger charge is 2.44. The molecular formula is C21H31NO5. The summed E-state index contributed by atoms with van der Waals surface area (Å²) in [6.45, 7) is 8.11. The molecule has 1 fully saturated rings. The van der Waals surface area contributed by atoms with E-state index in [0.717, 1.165) is 30.8 Å². The Balaban J connectivity index is 1.82. The molecule has 0 bridgehead atoms. The van der Waals surface area contributed by atoms with Crippen molar-refractivity contribution in [2.75, 3.05) is 40.5 Å². The molecule has 150 valence electrons. The van der Waals surface area contributed by atoms with Gasteiger partial charge in [0.25, 0.3) is 5.91 Å². The highest BCUT2D eigenvalue weighted by atomic mass is 16.5. The summed E-state index contributed by atoms with van der Waals surface area (Å²) in [6, 6.07) is 4.11. The van der Waals surface area contributed by atoms with Crippen LogP contribution in [0.25, 0.3) is 0 Å². The van der Waals surface area contributed by atoms with Crippen LogP contribution in [-0.2, 0) is 26.3 Å². The lowest BCUT2D eigenvalue weighted by Crippen LogP contribution is -2.53. The Hall–Kier alpha value is -1.79. The number of carbonyl (C=O) groups is 1. The van der Waals surface area contributed by atoms with Crippen LogP contribution in [0, 0.1) is 0 Å². The maximum Gasteiger partial charge on any atom is 0.254 e. The van der Waals surface area contributed by atoms with Gasteiger partial charge in [0.2, 0.25) is 0 Å². The van der Waals surface area contributed by atoms with Crippen molar-refractivity contribution >= 4 is 5.91 Å². The SMILES string of the molecule is CCOC(C)(C)C(=O)N1CCC2(CC1)OCCc1cc(OC)c(OC)cc12. The molecule has 1 aromatic rings. The van der Waals surface area contributed by atoms with Gasteiger partial charge in [-0.3, -0.25) is 4.79 Å². The van der Waals surface area contributed by atoms with Crippen LogP contribution in [0.3, 0.4) is 0 Å². The molecule has 27 heavy (non-hydrogen) atoms. The van der Waals surface area contributed by atoms with Crippen LogP contribution in [-0.4, -0.2) is 56.9 Å². The summed E-state index contributed by atoms with van der Waals surface area (Å²) in [4.78, 5) is 14.7. The lowest BCUT2D eigenvalue weighted by atomic mass is 9.79. The zero-order valence-corrected chi connectivity index (χ0v) is 17.1. The molecule has 0 atom stereocenters. The summed E-state index contributed by atoms with van der Waals surface area (Å²) in [6.07, 6.45) is 2.39. The van der Waals surface area contributed by atoms with Gasteiger partial charge in [-0.1, -0.05) is 0 Å². The van der Waals surface area contributed by atoms with Crippen LogP contribution < -0.4 is 9.47 Å². The van der Waals surface area contributed by atoms with Gasteiger partial charge in [-0.05, 0) is 63.3 Å². The van der Waals surface area contributed by atoms with Crippen molar-refractivity contribution in [3.63, 3.8) is 0 Å². The van der Waals surface area contributed by atoms with Crippen molar-refractivity contribution in [3.8, 4) is 11.5 Å². The Morgan fingerprint density at radius 2 is 1.81 bits per heavy atom. The number of nitrogens with zero attached hydrogens (tertiary/aromatic N) is 1. The van der Waals surface area contributed by atoms with Gasteiger partial charge in [-0.25, -0.2) is 0 Å². The number of carbonyl (C=O) groups excluding carboxylic acids is 1. The summed E-state index contributed by atoms with van der Waals surface area (Å²) in [5.74, 6) is 1.51. The minimum atomic E-state index is -0.791. The molecule has 0 N–H and O–H groups in total. The van der Waals surface area contributed by atoms with Crippen molar-refractivity contribution in [2.24, 2.45) is 0 Å². The molecule has 0 saturated carbocycles. The van der Waals surface area contributed by atoms with Crippen molar-refractivity contribution in [3.05, 3.63) is 23.3 Å². The molecule has 0 radical (unpaired) electrons. The number of benzene rings is 1. The van der Waals surface area contributed by atoms with Crippen molar-refractivity contribution in [2.45, 2.75) is 51.2 Å². The minimum Gasteiger partial charge on any atom is -0.493 e. The van der Waals surface area contributed by atoms with Gasteiger partial charge in [0, 0.05) is 19.7 Å². The second-order valence-electron chi connectivity index (χ2n) is 7.69. The number of fused-ring (bicyclic) bond motifs is 2. The van der Waals surface area contributed by atoms with E-state index in [0.29, 0.717) is 26.3 Å². The summed E-state index contributed by atoms with van der Waals surface area (Å²) in [5.41, 5.74) is 1.26. The number of hydrogen-bond donors (Lipinski definition) is 0. The van der Waals surface area contributed by atoms with E-state index in [1.54, 1.807) is 14.2 Å². The number of amides is 1. The van der Waals surface area contributed by atoms with Crippen molar-refractivity contribution < 1.29 is 23.7 Å². The molecule has 0 aliphatic carbocycles. The number of likely N-dealkylation sites (tertiary alicyclic amines) is 1. The largest absolute Gasteiger partial charge is 0.493 e. The summed E-state index contributed by atoms with van der Waals surface area (Å²) >= 11 is 0. The molecule has 2 aliphatic rings. The smallest absolute Gasteiger partial charge is 0.254 e. The topological polar surface area (TPSA) is 57.2 Å². The molecular weight excluding hydrogens is 346 g/mol. The summed E-state index contributed by atoms with van der Waals surface area (Å²) < 4.78 is 22.9. The van der Waals surface area contributed by atoms with E-state index in [1.165, 1.54) is 11.1 Å². The van der Waals surface area contributed by atoms with E-state index >= 15 is 0 Å². The van der Waals surface area contributed by atoms with E-state index in [1.807, 2.05) is 25.7 Å². The summed E-state index contributed by atoms with van der Waals surface area (Å²) in [5, 5.41) is 0. The number of piperidine rings is 1. The van der Waals surface area contributed by atoms with Crippen LogP contribution in [0.1, 0.15) is 44.7 Å². The molecule has 1 saturated heterocycles. The zero-order valence-electron chi connectivity index (χ0n) is 17.1. The second-order valence-corrected chi connectivity index (χ2v) is 7.69. The number of ether oxygens (including phenoxy) is 4. The van der Waals surface area contributed by atoms with Crippen LogP contribution in [0.5, 0.6) is 11.5 Å². The molecule has 0 aromatic heterocycles. The average Bonchev–Trinajstić information content (AvgIpc) is 2.67. The third-order valence-electron chi connectivity index (χ3n) is 5.73. The Labute approximate surface area is 161 Å². The molecule has 1 aromatic carbocycles. The highest BCUT2D eigenvalue weighted by Crippen LogP contribution is 2.45.